The van der Waals surface area contributed by atoms with Gasteiger partial charge in [-0.3, -0.25) is 0 Å². The number of carbonyl (C=O) groups excluding carboxylic acids is 1. The van der Waals surface area contributed by atoms with Gasteiger partial charge in [-0.25, -0.2) is 4.79 Å². The van der Waals surface area contributed by atoms with Crippen LogP contribution in [0.2, 0.25) is 0 Å². The van der Waals surface area contributed by atoms with Crippen LogP contribution in [0.15, 0.2) is 65.3 Å². The van der Waals surface area contributed by atoms with Crippen molar-refractivity contribution in [2.24, 2.45) is 0 Å². The monoisotopic (exact) mass is 428 g/mol. The zero-order valence-corrected chi connectivity index (χ0v) is 17.9. The van der Waals surface area contributed by atoms with Gasteiger partial charge in [0.15, 0.2) is 0 Å². The third-order valence-corrected chi connectivity index (χ3v) is 4.94. The highest BCUT2D eigenvalue weighted by Gasteiger charge is 2.18. The Hall–Kier alpha value is -3.26. The van der Waals surface area contributed by atoms with E-state index in [9.17, 15) is 13.2 Å². The number of para-hydroxylation sites is 1. The fourth-order valence-electron chi connectivity index (χ4n) is 3.08. The number of amides is 2. The third-order valence-electron chi connectivity index (χ3n) is 4.45. The third kappa shape index (κ3) is 5.87. The van der Waals surface area contributed by atoms with Gasteiger partial charge in [0, 0.05) is 12.2 Å². The molecule has 0 spiro atoms. The number of benzene rings is 2. The van der Waals surface area contributed by atoms with Crippen molar-refractivity contribution in [2.45, 2.75) is 26.9 Å². The fraction of sp³-hybridized carbons (Fsp3) is 0.227. The van der Waals surface area contributed by atoms with Crippen LogP contribution in [-0.4, -0.2) is 25.6 Å². The van der Waals surface area contributed by atoms with E-state index in [0.717, 1.165) is 28.6 Å². The van der Waals surface area contributed by atoms with Gasteiger partial charge in [0.1, 0.15) is 11.5 Å². The topological polar surface area (TPSA) is 88.9 Å². The minimum absolute atomic E-state index is 0.197. The van der Waals surface area contributed by atoms with Gasteiger partial charge in [-0.15, -0.1) is 0 Å². The number of hydrogen-bond donors (Lipinski definition) is 1. The molecule has 0 atom stereocenters. The number of nitrogens with one attached hydrogen (secondary N) is 1. The standard InChI is InChI=1S/C22H24N2O5S/c1-16-7-4-8-17(2)21(16)23-22(25)24(15-20-11-6-12-28-20)14-18-9-5-10-19(13-18)29-30(3,26)27/h4-13H,14-15H2,1-3H3,(H,23,25). The minimum Gasteiger partial charge on any atom is -0.467 e. The van der Waals surface area contributed by atoms with Crippen LogP contribution in [0, 0.1) is 13.8 Å². The lowest BCUT2D eigenvalue weighted by molar-refractivity contribution is 0.201. The molecular formula is C22H24N2O5S. The highest BCUT2D eigenvalue weighted by molar-refractivity contribution is 7.86. The summed E-state index contributed by atoms with van der Waals surface area (Å²) in [5.74, 6) is 0.832. The molecule has 1 N–H and O–H groups in total. The maximum absolute atomic E-state index is 13.1. The Morgan fingerprint density at radius 1 is 1.03 bits per heavy atom. The van der Waals surface area contributed by atoms with E-state index in [-0.39, 0.29) is 24.9 Å². The molecule has 0 saturated carbocycles. The molecule has 30 heavy (non-hydrogen) atoms. The molecule has 2 aromatic carbocycles. The molecule has 0 saturated heterocycles. The summed E-state index contributed by atoms with van der Waals surface area (Å²) in [5.41, 5.74) is 3.41. The predicted octanol–water partition coefficient (Wildman–Crippen LogP) is 4.47. The molecule has 8 heteroatoms. The molecule has 2 amide bonds. The van der Waals surface area contributed by atoms with Gasteiger partial charge < -0.3 is 18.8 Å². The SMILES string of the molecule is Cc1cccc(C)c1NC(=O)N(Cc1cccc(OS(C)(=O)=O)c1)Cc1ccco1. The van der Waals surface area contributed by atoms with Crippen molar-refractivity contribution >= 4 is 21.8 Å². The summed E-state index contributed by atoms with van der Waals surface area (Å²) in [6.07, 6.45) is 2.54. The van der Waals surface area contributed by atoms with E-state index in [4.69, 9.17) is 8.60 Å². The summed E-state index contributed by atoms with van der Waals surface area (Å²) in [7, 11) is -3.64. The van der Waals surface area contributed by atoms with E-state index in [0.29, 0.717) is 5.76 Å². The second kappa shape index (κ2) is 9.04. The Morgan fingerprint density at radius 3 is 2.37 bits per heavy atom. The van der Waals surface area contributed by atoms with Crippen molar-refractivity contribution in [2.75, 3.05) is 11.6 Å². The van der Waals surface area contributed by atoms with E-state index in [1.807, 2.05) is 32.0 Å². The first-order chi connectivity index (χ1) is 14.2. The van der Waals surface area contributed by atoms with Crippen molar-refractivity contribution in [3.63, 3.8) is 0 Å². The van der Waals surface area contributed by atoms with Crippen molar-refractivity contribution in [1.29, 1.82) is 0 Å². The molecule has 7 nitrogen and oxygen atoms in total. The van der Waals surface area contributed by atoms with Crippen molar-refractivity contribution < 1.29 is 21.8 Å². The Morgan fingerprint density at radius 2 is 1.73 bits per heavy atom. The van der Waals surface area contributed by atoms with Crippen LogP contribution in [0.3, 0.4) is 0 Å². The second-order valence-electron chi connectivity index (χ2n) is 7.07. The lowest BCUT2D eigenvalue weighted by Crippen LogP contribution is -2.34. The Bertz CT molecular complexity index is 1100. The normalized spacial score (nSPS) is 11.2. The van der Waals surface area contributed by atoms with Crippen LogP contribution in [0.25, 0.3) is 0 Å². The molecule has 0 aliphatic rings. The number of aryl methyl sites for hydroxylation is 2. The second-order valence-corrected chi connectivity index (χ2v) is 8.64. The molecule has 0 radical (unpaired) electrons. The van der Waals surface area contributed by atoms with Gasteiger partial charge in [-0.05, 0) is 54.8 Å². The van der Waals surface area contributed by atoms with E-state index >= 15 is 0 Å². The lowest BCUT2D eigenvalue weighted by atomic mass is 10.1. The number of rotatable bonds is 7. The number of anilines is 1. The van der Waals surface area contributed by atoms with Gasteiger partial charge in [-0.1, -0.05) is 30.3 Å². The summed E-state index contributed by atoms with van der Waals surface area (Å²) in [6.45, 7) is 4.36. The molecule has 1 heterocycles. The summed E-state index contributed by atoms with van der Waals surface area (Å²) in [5, 5.41) is 2.98. The molecule has 0 fully saturated rings. The fourth-order valence-corrected chi connectivity index (χ4v) is 3.53. The van der Waals surface area contributed by atoms with Gasteiger partial charge in [0.05, 0.1) is 19.1 Å². The zero-order valence-electron chi connectivity index (χ0n) is 17.1. The average molecular weight is 429 g/mol. The molecule has 3 rings (SSSR count). The molecule has 3 aromatic rings. The molecule has 0 bridgehead atoms. The number of urea groups is 1. The Kier molecular flexibility index (Phi) is 6.47. The van der Waals surface area contributed by atoms with E-state index in [1.165, 1.54) is 0 Å². The van der Waals surface area contributed by atoms with Gasteiger partial charge >= 0.3 is 16.1 Å². The van der Waals surface area contributed by atoms with Crippen molar-refractivity contribution in [1.82, 2.24) is 4.90 Å². The number of nitrogens with zero attached hydrogens (tertiary/aromatic N) is 1. The molecule has 0 aliphatic heterocycles. The van der Waals surface area contributed by atoms with E-state index in [2.05, 4.69) is 5.32 Å². The van der Waals surface area contributed by atoms with Crippen LogP contribution in [0.5, 0.6) is 5.75 Å². The maximum atomic E-state index is 13.1. The van der Waals surface area contributed by atoms with Crippen LogP contribution in [0.1, 0.15) is 22.5 Å². The summed E-state index contributed by atoms with van der Waals surface area (Å²) in [4.78, 5) is 14.7. The van der Waals surface area contributed by atoms with Gasteiger partial charge in [0.25, 0.3) is 0 Å². The number of hydrogen-bond acceptors (Lipinski definition) is 5. The smallest absolute Gasteiger partial charge is 0.322 e. The van der Waals surface area contributed by atoms with Crippen molar-refractivity contribution in [3.8, 4) is 5.75 Å². The highest BCUT2D eigenvalue weighted by atomic mass is 32.2. The van der Waals surface area contributed by atoms with Crippen LogP contribution < -0.4 is 9.50 Å². The first-order valence-electron chi connectivity index (χ1n) is 9.34. The van der Waals surface area contributed by atoms with Gasteiger partial charge in [0.2, 0.25) is 0 Å². The molecular weight excluding hydrogens is 404 g/mol. The minimum atomic E-state index is -3.64. The van der Waals surface area contributed by atoms with Crippen LogP contribution >= 0.6 is 0 Å². The molecule has 1 aromatic heterocycles. The summed E-state index contributed by atoms with van der Waals surface area (Å²) < 4.78 is 33.2. The zero-order chi connectivity index (χ0) is 21.7. The van der Waals surface area contributed by atoms with E-state index < -0.39 is 10.1 Å². The summed E-state index contributed by atoms with van der Waals surface area (Å²) in [6, 6.07) is 15.7. The van der Waals surface area contributed by atoms with E-state index in [1.54, 1.807) is 47.6 Å². The molecule has 0 aliphatic carbocycles. The molecule has 0 unspecified atom stereocenters. The summed E-state index contributed by atoms with van der Waals surface area (Å²) >= 11 is 0. The number of carbonyl (C=O) groups is 1. The largest absolute Gasteiger partial charge is 0.467 e. The first-order valence-corrected chi connectivity index (χ1v) is 11.2. The van der Waals surface area contributed by atoms with Crippen LogP contribution in [-0.2, 0) is 23.2 Å². The molecule has 158 valence electrons. The van der Waals surface area contributed by atoms with Crippen LogP contribution in [0.4, 0.5) is 10.5 Å². The number of furan rings is 1. The highest BCUT2D eigenvalue weighted by Crippen LogP contribution is 2.22. The van der Waals surface area contributed by atoms with Crippen molar-refractivity contribution in [3.05, 3.63) is 83.3 Å². The predicted molar refractivity (Wildman–Crippen MR) is 115 cm³/mol. The Labute approximate surface area is 176 Å². The maximum Gasteiger partial charge on any atom is 0.322 e. The quantitative estimate of drug-likeness (QED) is 0.561. The average Bonchev–Trinajstić information content (AvgIpc) is 3.16. The first kappa shape index (κ1) is 21.4. The lowest BCUT2D eigenvalue weighted by Gasteiger charge is -2.24. The Balaban J connectivity index is 1.84. The van der Waals surface area contributed by atoms with Gasteiger partial charge in [-0.2, -0.15) is 8.42 Å².